The third-order valence-corrected chi connectivity index (χ3v) is 7.59. The SMILES string of the molecule is Cc1c(Br)cc(CCl)cc1S(=O)(=O)N1CCSC(C)C1. The van der Waals surface area contributed by atoms with Gasteiger partial charge in [0.25, 0.3) is 0 Å². The largest absolute Gasteiger partial charge is 0.243 e. The second kappa shape index (κ2) is 6.57. The average Bonchev–Trinajstić information content (AvgIpc) is 2.41. The van der Waals surface area contributed by atoms with E-state index in [-0.39, 0.29) is 0 Å². The van der Waals surface area contributed by atoms with E-state index in [0.29, 0.717) is 29.1 Å². The minimum Gasteiger partial charge on any atom is -0.207 e. The summed E-state index contributed by atoms with van der Waals surface area (Å²) in [6.07, 6.45) is 0. The molecule has 1 atom stereocenters. The van der Waals surface area contributed by atoms with E-state index in [1.54, 1.807) is 10.4 Å². The maximum Gasteiger partial charge on any atom is 0.243 e. The molecule has 0 radical (unpaired) electrons. The van der Waals surface area contributed by atoms with Gasteiger partial charge in [-0.2, -0.15) is 16.1 Å². The molecule has 1 aliphatic rings. The molecule has 0 aromatic heterocycles. The third-order valence-electron chi connectivity index (χ3n) is 3.33. The number of alkyl halides is 1. The van der Waals surface area contributed by atoms with Crippen LogP contribution in [0.4, 0.5) is 0 Å². The molecular weight excluding hydrogens is 382 g/mol. The van der Waals surface area contributed by atoms with Gasteiger partial charge in [0.1, 0.15) is 0 Å². The van der Waals surface area contributed by atoms with Crippen molar-refractivity contribution in [2.24, 2.45) is 0 Å². The van der Waals surface area contributed by atoms with Crippen LogP contribution in [0.2, 0.25) is 0 Å². The first-order chi connectivity index (χ1) is 9.36. The third kappa shape index (κ3) is 3.35. The van der Waals surface area contributed by atoms with Crippen molar-refractivity contribution < 1.29 is 8.42 Å². The molecule has 7 heteroatoms. The summed E-state index contributed by atoms with van der Waals surface area (Å²) >= 11 is 11.1. The van der Waals surface area contributed by atoms with E-state index in [1.165, 1.54) is 0 Å². The van der Waals surface area contributed by atoms with Crippen molar-refractivity contribution in [3.8, 4) is 0 Å². The van der Waals surface area contributed by atoms with Crippen LogP contribution in [0, 0.1) is 6.92 Å². The number of rotatable bonds is 3. The van der Waals surface area contributed by atoms with Gasteiger partial charge in [-0.3, -0.25) is 0 Å². The smallest absolute Gasteiger partial charge is 0.207 e. The minimum atomic E-state index is -3.45. The van der Waals surface area contributed by atoms with Crippen molar-refractivity contribution in [3.63, 3.8) is 0 Å². The van der Waals surface area contributed by atoms with Crippen molar-refractivity contribution in [1.29, 1.82) is 0 Å². The Bertz CT molecular complexity index is 607. The summed E-state index contributed by atoms with van der Waals surface area (Å²) in [5.74, 6) is 1.14. The first kappa shape index (κ1) is 16.6. The zero-order chi connectivity index (χ0) is 14.9. The summed E-state index contributed by atoms with van der Waals surface area (Å²) in [4.78, 5) is 0.363. The Balaban J connectivity index is 2.46. The molecule has 0 N–H and O–H groups in total. The molecule has 2 rings (SSSR count). The highest BCUT2D eigenvalue weighted by Gasteiger charge is 2.30. The van der Waals surface area contributed by atoms with E-state index >= 15 is 0 Å². The minimum absolute atomic E-state index is 0.299. The first-order valence-corrected chi connectivity index (χ1v) is 10.1. The van der Waals surface area contributed by atoms with Gasteiger partial charge in [0.15, 0.2) is 0 Å². The van der Waals surface area contributed by atoms with Gasteiger partial charge in [0.05, 0.1) is 4.90 Å². The lowest BCUT2D eigenvalue weighted by atomic mass is 10.2. The molecule has 1 aliphatic heterocycles. The number of benzene rings is 1. The molecule has 1 heterocycles. The molecule has 1 aromatic carbocycles. The maximum absolute atomic E-state index is 12.8. The van der Waals surface area contributed by atoms with E-state index in [0.717, 1.165) is 21.4 Å². The molecule has 0 aliphatic carbocycles. The molecule has 0 bridgehead atoms. The van der Waals surface area contributed by atoms with E-state index < -0.39 is 10.0 Å². The van der Waals surface area contributed by atoms with Crippen LogP contribution in [0.25, 0.3) is 0 Å². The summed E-state index contributed by atoms with van der Waals surface area (Å²) in [6.45, 7) is 5.01. The number of nitrogens with zero attached hydrogens (tertiary/aromatic N) is 1. The lowest BCUT2D eigenvalue weighted by molar-refractivity contribution is 0.424. The summed E-state index contributed by atoms with van der Waals surface area (Å²) in [7, 11) is -3.45. The fraction of sp³-hybridized carbons (Fsp3) is 0.538. The standard InChI is InChI=1S/C13H17BrClNO2S2/c1-9-8-16(3-4-19-9)20(17,18)13-6-11(7-15)5-12(14)10(13)2/h5-6,9H,3-4,7-8H2,1-2H3. The summed E-state index contributed by atoms with van der Waals surface area (Å²) in [6, 6.07) is 3.56. The van der Waals surface area contributed by atoms with Crippen molar-refractivity contribution in [2.45, 2.75) is 29.9 Å². The molecular formula is C13H17BrClNO2S2. The fourth-order valence-electron chi connectivity index (χ4n) is 2.20. The predicted octanol–water partition coefficient (Wildman–Crippen LogP) is 3.62. The predicted molar refractivity (Wildman–Crippen MR) is 89.1 cm³/mol. The second-order valence-electron chi connectivity index (χ2n) is 4.88. The Labute approximate surface area is 138 Å². The molecule has 0 amide bonds. The number of hydrogen-bond acceptors (Lipinski definition) is 3. The fourth-order valence-corrected chi connectivity index (χ4v) is 6.04. The van der Waals surface area contributed by atoms with Crippen LogP contribution >= 0.6 is 39.3 Å². The van der Waals surface area contributed by atoms with E-state index in [4.69, 9.17) is 11.6 Å². The van der Waals surface area contributed by atoms with Gasteiger partial charge < -0.3 is 0 Å². The monoisotopic (exact) mass is 397 g/mol. The van der Waals surface area contributed by atoms with Gasteiger partial charge in [-0.15, -0.1) is 11.6 Å². The van der Waals surface area contributed by atoms with Crippen molar-refractivity contribution in [1.82, 2.24) is 4.31 Å². The maximum atomic E-state index is 12.8. The zero-order valence-electron chi connectivity index (χ0n) is 11.4. The molecule has 1 fully saturated rings. The summed E-state index contributed by atoms with van der Waals surface area (Å²) < 4.78 is 28.0. The molecule has 0 spiro atoms. The number of sulfonamides is 1. The Morgan fingerprint density at radius 1 is 1.50 bits per heavy atom. The van der Waals surface area contributed by atoms with Gasteiger partial charge in [0.2, 0.25) is 10.0 Å². The molecule has 1 unspecified atom stereocenters. The van der Waals surface area contributed by atoms with Crippen LogP contribution in [0.15, 0.2) is 21.5 Å². The average molecular weight is 399 g/mol. The quantitative estimate of drug-likeness (QED) is 0.730. The van der Waals surface area contributed by atoms with E-state index in [9.17, 15) is 8.42 Å². The van der Waals surface area contributed by atoms with Gasteiger partial charge in [-0.1, -0.05) is 22.9 Å². The lowest BCUT2D eigenvalue weighted by Crippen LogP contribution is -2.41. The molecule has 20 heavy (non-hydrogen) atoms. The normalized spacial score (nSPS) is 21.1. The highest BCUT2D eigenvalue weighted by Crippen LogP contribution is 2.30. The molecule has 1 saturated heterocycles. The van der Waals surface area contributed by atoms with Crippen LogP contribution in [0.5, 0.6) is 0 Å². The number of hydrogen-bond donors (Lipinski definition) is 0. The molecule has 3 nitrogen and oxygen atoms in total. The first-order valence-electron chi connectivity index (χ1n) is 6.33. The van der Waals surface area contributed by atoms with Crippen LogP contribution in [-0.4, -0.2) is 36.8 Å². The van der Waals surface area contributed by atoms with E-state index in [2.05, 4.69) is 22.9 Å². The molecule has 112 valence electrons. The van der Waals surface area contributed by atoms with Gasteiger partial charge >= 0.3 is 0 Å². The Kier molecular flexibility index (Phi) is 5.46. The molecule has 0 saturated carbocycles. The van der Waals surface area contributed by atoms with Crippen LogP contribution in [0.1, 0.15) is 18.1 Å². The Morgan fingerprint density at radius 2 is 2.20 bits per heavy atom. The van der Waals surface area contributed by atoms with Gasteiger partial charge in [-0.25, -0.2) is 8.42 Å². The second-order valence-corrected chi connectivity index (χ2v) is 9.45. The highest BCUT2D eigenvalue weighted by atomic mass is 79.9. The zero-order valence-corrected chi connectivity index (χ0v) is 15.4. The van der Waals surface area contributed by atoms with Crippen molar-refractivity contribution >= 4 is 49.3 Å². The Hall–Kier alpha value is 0.250. The van der Waals surface area contributed by atoms with Crippen LogP contribution in [-0.2, 0) is 15.9 Å². The highest BCUT2D eigenvalue weighted by molar-refractivity contribution is 9.10. The van der Waals surface area contributed by atoms with Gasteiger partial charge in [0, 0.05) is 34.4 Å². The van der Waals surface area contributed by atoms with Gasteiger partial charge in [-0.05, 0) is 30.2 Å². The van der Waals surface area contributed by atoms with E-state index in [1.807, 2.05) is 24.8 Å². The summed E-state index contributed by atoms with van der Waals surface area (Å²) in [5.41, 5.74) is 1.55. The lowest BCUT2D eigenvalue weighted by Gasteiger charge is -2.30. The number of thioether (sulfide) groups is 1. The summed E-state index contributed by atoms with van der Waals surface area (Å²) in [5, 5.41) is 0.332. The van der Waals surface area contributed by atoms with Crippen molar-refractivity contribution in [3.05, 3.63) is 27.7 Å². The number of halogens is 2. The van der Waals surface area contributed by atoms with Crippen molar-refractivity contribution in [2.75, 3.05) is 18.8 Å². The van der Waals surface area contributed by atoms with Crippen LogP contribution in [0.3, 0.4) is 0 Å². The van der Waals surface area contributed by atoms with Crippen LogP contribution < -0.4 is 0 Å². The Morgan fingerprint density at radius 3 is 2.80 bits per heavy atom. The topological polar surface area (TPSA) is 37.4 Å². The molecule has 1 aromatic rings.